The van der Waals surface area contributed by atoms with Crippen molar-refractivity contribution in [2.75, 3.05) is 26.2 Å². The monoisotopic (exact) mass is 455 g/mol. The van der Waals surface area contributed by atoms with Gasteiger partial charge in [-0.15, -0.1) is 0 Å². The molecule has 0 N–H and O–H groups in total. The molecule has 10 heteroatoms. The number of halogens is 2. The number of rotatable bonds is 6. The molecule has 0 radical (unpaired) electrons. The zero-order chi connectivity index (χ0) is 19.4. The molecule has 2 heterocycles. The highest BCUT2D eigenvalue weighted by molar-refractivity contribution is 9.10. The minimum atomic E-state index is -0.555. The van der Waals surface area contributed by atoms with Crippen LogP contribution in [0.25, 0.3) is 0 Å². The van der Waals surface area contributed by atoms with Gasteiger partial charge < -0.3 is 15.0 Å². The van der Waals surface area contributed by atoms with Gasteiger partial charge in [-0.05, 0) is 32.5 Å². The van der Waals surface area contributed by atoms with E-state index in [1.165, 1.54) is 10.9 Å². The van der Waals surface area contributed by atoms with Crippen LogP contribution in [0.1, 0.15) is 12.0 Å². The molecule has 1 aromatic heterocycles. The van der Waals surface area contributed by atoms with Gasteiger partial charge in [-0.1, -0.05) is 29.8 Å². The van der Waals surface area contributed by atoms with Crippen LogP contribution >= 0.6 is 27.5 Å². The minimum absolute atomic E-state index is 0.0293. The number of piperazine rings is 1. The highest BCUT2D eigenvalue weighted by atomic mass is 79.9. The molecule has 1 aliphatic rings. The van der Waals surface area contributed by atoms with E-state index in [0.29, 0.717) is 24.1 Å². The third kappa shape index (κ3) is 5.06. The predicted octanol–water partition coefficient (Wildman–Crippen LogP) is 2.94. The molecule has 1 fully saturated rings. The summed E-state index contributed by atoms with van der Waals surface area (Å²) in [6, 6.07) is 7.78. The summed E-state index contributed by atoms with van der Waals surface area (Å²) in [6.07, 6.45) is 1.78. The van der Waals surface area contributed by atoms with Gasteiger partial charge in [0.1, 0.15) is 4.47 Å². The average molecular weight is 457 g/mol. The molecule has 0 spiro atoms. The average Bonchev–Trinajstić information content (AvgIpc) is 3.03. The van der Waals surface area contributed by atoms with Crippen molar-refractivity contribution in [1.29, 1.82) is 0 Å². The van der Waals surface area contributed by atoms with E-state index in [9.17, 15) is 14.9 Å². The fourth-order valence-electron chi connectivity index (χ4n) is 3.02. The number of aromatic nitrogens is 2. The molecule has 1 amide bonds. The molecular weight excluding hydrogens is 438 g/mol. The Morgan fingerprint density at radius 3 is 2.59 bits per heavy atom. The lowest BCUT2D eigenvalue weighted by atomic mass is 10.2. The van der Waals surface area contributed by atoms with Gasteiger partial charge in [0.15, 0.2) is 0 Å². The predicted molar refractivity (Wildman–Crippen MR) is 105 cm³/mol. The van der Waals surface area contributed by atoms with Crippen molar-refractivity contribution in [2.45, 2.75) is 19.5 Å². The van der Waals surface area contributed by atoms with Crippen LogP contribution in [0.5, 0.6) is 0 Å². The molecule has 1 saturated heterocycles. The van der Waals surface area contributed by atoms with Crippen LogP contribution in [0, 0.1) is 10.1 Å². The Morgan fingerprint density at radius 1 is 1.26 bits per heavy atom. The molecule has 27 heavy (non-hydrogen) atoms. The van der Waals surface area contributed by atoms with Gasteiger partial charge in [0.2, 0.25) is 5.91 Å². The van der Waals surface area contributed by atoms with Gasteiger partial charge in [-0.25, -0.2) is 0 Å². The second-order valence-electron chi connectivity index (χ2n) is 6.32. The number of nitro groups is 1. The summed E-state index contributed by atoms with van der Waals surface area (Å²) in [6.45, 7) is 3.97. The SMILES string of the molecule is O=C(CCn1cc(Br)c([N+](=O)[O-])n1)N1CCN(Cc2ccccc2Cl)CC1. The first-order valence-corrected chi connectivity index (χ1v) is 9.72. The number of carbonyl (C=O) groups excluding carboxylic acids is 1. The topological polar surface area (TPSA) is 84.5 Å². The summed E-state index contributed by atoms with van der Waals surface area (Å²) in [7, 11) is 0. The molecule has 1 aromatic carbocycles. The molecule has 8 nitrogen and oxygen atoms in total. The van der Waals surface area contributed by atoms with E-state index in [4.69, 9.17) is 11.6 Å². The number of hydrogen-bond donors (Lipinski definition) is 0. The maximum Gasteiger partial charge on any atom is 0.404 e. The zero-order valence-electron chi connectivity index (χ0n) is 14.6. The molecule has 0 bridgehead atoms. The molecule has 1 aliphatic heterocycles. The summed E-state index contributed by atoms with van der Waals surface area (Å²) in [5.74, 6) is -0.211. The van der Waals surface area contributed by atoms with Crippen LogP contribution in [0.3, 0.4) is 0 Å². The van der Waals surface area contributed by atoms with E-state index in [1.54, 1.807) is 0 Å². The summed E-state index contributed by atoms with van der Waals surface area (Å²) in [4.78, 5) is 26.8. The summed E-state index contributed by atoms with van der Waals surface area (Å²) in [5.41, 5.74) is 1.09. The molecule has 144 valence electrons. The Bertz CT molecular complexity index is 836. The highest BCUT2D eigenvalue weighted by Crippen LogP contribution is 2.22. The lowest BCUT2D eigenvalue weighted by Gasteiger charge is -2.35. The second-order valence-corrected chi connectivity index (χ2v) is 7.58. The summed E-state index contributed by atoms with van der Waals surface area (Å²) >= 11 is 9.31. The first-order chi connectivity index (χ1) is 12.9. The van der Waals surface area contributed by atoms with Crippen LogP contribution in [0.2, 0.25) is 5.02 Å². The highest BCUT2D eigenvalue weighted by Gasteiger charge is 2.23. The van der Waals surface area contributed by atoms with Gasteiger partial charge in [0, 0.05) is 44.2 Å². The molecule has 0 unspecified atom stereocenters. The number of amides is 1. The van der Waals surface area contributed by atoms with Crippen molar-refractivity contribution < 1.29 is 9.72 Å². The van der Waals surface area contributed by atoms with Crippen LogP contribution in [-0.2, 0) is 17.9 Å². The Hall–Kier alpha value is -1.97. The van der Waals surface area contributed by atoms with Crippen molar-refractivity contribution in [3.05, 3.63) is 55.6 Å². The number of carbonyl (C=O) groups is 1. The normalized spacial score (nSPS) is 15.1. The largest absolute Gasteiger partial charge is 0.404 e. The standard InChI is InChI=1S/C17H19BrClN5O3/c18-14-12-23(20-17(14)24(26)27)6-5-16(25)22-9-7-21(8-10-22)11-13-3-1-2-4-15(13)19/h1-4,12H,5-11H2. The van der Waals surface area contributed by atoms with Gasteiger partial charge >= 0.3 is 5.82 Å². The lowest BCUT2D eigenvalue weighted by Crippen LogP contribution is -2.48. The number of hydrogen-bond acceptors (Lipinski definition) is 5. The van der Waals surface area contributed by atoms with E-state index >= 15 is 0 Å². The van der Waals surface area contributed by atoms with E-state index < -0.39 is 4.92 Å². The minimum Gasteiger partial charge on any atom is -0.358 e. The second kappa shape index (κ2) is 8.81. The fourth-order valence-corrected chi connectivity index (χ4v) is 3.67. The van der Waals surface area contributed by atoms with Gasteiger partial charge in [0.05, 0.1) is 17.8 Å². The Labute approximate surface area is 170 Å². The molecule has 3 rings (SSSR count). The zero-order valence-corrected chi connectivity index (χ0v) is 16.9. The van der Waals surface area contributed by atoms with Crippen molar-refractivity contribution in [1.82, 2.24) is 19.6 Å². The van der Waals surface area contributed by atoms with Crippen LogP contribution in [-0.4, -0.2) is 56.6 Å². The van der Waals surface area contributed by atoms with Crippen LogP contribution < -0.4 is 0 Å². The van der Waals surface area contributed by atoms with E-state index in [1.807, 2.05) is 29.2 Å². The Kier molecular flexibility index (Phi) is 6.46. The maximum absolute atomic E-state index is 12.4. The van der Waals surface area contributed by atoms with Crippen molar-refractivity contribution in [3.63, 3.8) is 0 Å². The van der Waals surface area contributed by atoms with Gasteiger partial charge in [-0.3, -0.25) is 9.69 Å². The first kappa shape index (κ1) is 19.8. The van der Waals surface area contributed by atoms with E-state index in [2.05, 4.69) is 25.9 Å². The Balaban J connectivity index is 1.46. The number of aryl methyl sites for hydroxylation is 1. The third-order valence-corrected chi connectivity index (χ3v) is 5.43. The van der Waals surface area contributed by atoms with Crippen LogP contribution in [0.15, 0.2) is 34.9 Å². The fraction of sp³-hybridized carbons (Fsp3) is 0.412. The number of nitrogens with zero attached hydrogens (tertiary/aromatic N) is 5. The molecule has 2 aromatic rings. The van der Waals surface area contributed by atoms with Crippen molar-refractivity contribution >= 4 is 39.3 Å². The smallest absolute Gasteiger partial charge is 0.358 e. The van der Waals surface area contributed by atoms with Crippen molar-refractivity contribution in [3.8, 4) is 0 Å². The van der Waals surface area contributed by atoms with Crippen molar-refractivity contribution in [2.24, 2.45) is 0 Å². The first-order valence-electron chi connectivity index (χ1n) is 8.55. The third-order valence-electron chi connectivity index (χ3n) is 4.50. The molecule has 0 atom stereocenters. The molecule has 0 saturated carbocycles. The van der Waals surface area contributed by atoms with E-state index in [0.717, 1.165) is 30.2 Å². The van der Waals surface area contributed by atoms with Gasteiger partial charge in [-0.2, -0.15) is 4.68 Å². The maximum atomic E-state index is 12.4. The van der Waals surface area contributed by atoms with Gasteiger partial charge in [0.25, 0.3) is 0 Å². The van der Waals surface area contributed by atoms with E-state index in [-0.39, 0.29) is 18.1 Å². The molecule has 0 aliphatic carbocycles. The van der Waals surface area contributed by atoms with Crippen LogP contribution in [0.4, 0.5) is 5.82 Å². The molecular formula is C17H19BrClN5O3. The lowest BCUT2D eigenvalue weighted by molar-refractivity contribution is -0.390. The summed E-state index contributed by atoms with van der Waals surface area (Å²) in [5, 5.41) is 15.4. The Morgan fingerprint density at radius 2 is 1.96 bits per heavy atom. The summed E-state index contributed by atoms with van der Waals surface area (Å²) < 4.78 is 1.74. The number of benzene rings is 1. The quantitative estimate of drug-likeness (QED) is 0.493.